The Labute approximate surface area is 114 Å². The second-order valence-corrected chi connectivity index (χ2v) is 4.24. The predicted molar refractivity (Wildman–Crippen MR) is 76.4 cm³/mol. The van der Waals surface area contributed by atoms with E-state index in [0.717, 1.165) is 25.1 Å². The Morgan fingerprint density at radius 1 is 0.895 bits per heavy atom. The summed E-state index contributed by atoms with van der Waals surface area (Å²) in [6, 6.07) is 18.0. The van der Waals surface area contributed by atoms with Crippen molar-refractivity contribution < 1.29 is 9.57 Å². The average Bonchev–Trinajstić information content (AvgIpc) is 2.48. The number of para-hydroxylation sites is 2. The zero-order chi connectivity index (χ0) is 13.3. The van der Waals surface area contributed by atoms with Crippen molar-refractivity contribution in [2.75, 3.05) is 13.7 Å². The van der Waals surface area contributed by atoms with E-state index in [4.69, 9.17) is 9.57 Å². The molecule has 2 rings (SSSR count). The molecule has 0 saturated carbocycles. The normalized spacial score (nSPS) is 10.2. The van der Waals surface area contributed by atoms with Crippen LogP contribution in [0.2, 0.25) is 0 Å². The summed E-state index contributed by atoms with van der Waals surface area (Å²) in [5.74, 6) is 1.45. The third kappa shape index (κ3) is 4.30. The van der Waals surface area contributed by atoms with Gasteiger partial charge in [0.05, 0.1) is 7.11 Å². The largest absolute Gasteiger partial charge is 0.493 e. The summed E-state index contributed by atoms with van der Waals surface area (Å²) < 4.78 is 5.21. The minimum Gasteiger partial charge on any atom is -0.493 e. The van der Waals surface area contributed by atoms with Gasteiger partial charge in [-0.1, -0.05) is 42.5 Å². The molecule has 1 N–H and O–H groups in total. The SMILES string of the molecule is COc1ccccc1ONCCCc1ccccc1. The van der Waals surface area contributed by atoms with Crippen molar-refractivity contribution in [3.8, 4) is 11.5 Å². The molecule has 0 aliphatic heterocycles. The van der Waals surface area contributed by atoms with Crippen molar-refractivity contribution >= 4 is 0 Å². The fraction of sp³-hybridized carbons (Fsp3) is 0.250. The Bertz CT molecular complexity index is 485. The molecule has 0 bridgehead atoms. The zero-order valence-electron chi connectivity index (χ0n) is 11.1. The van der Waals surface area contributed by atoms with Gasteiger partial charge in [-0.15, -0.1) is 0 Å². The molecule has 100 valence electrons. The number of aryl methyl sites for hydroxylation is 1. The summed E-state index contributed by atoms with van der Waals surface area (Å²) in [5.41, 5.74) is 4.32. The molecule has 0 radical (unpaired) electrons. The van der Waals surface area contributed by atoms with E-state index in [9.17, 15) is 0 Å². The van der Waals surface area contributed by atoms with E-state index in [-0.39, 0.29) is 0 Å². The lowest BCUT2D eigenvalue weighted by atomic mass is 10.1. The molecule has 2 aromatic rings. The number of hydrogen-bond donors (Lipinski definition) is 1. The second kappa shape index (κ2) is 7.44. The van der Waals surface area contributed by atoms with Crippen LogP contribution in [-0.2, 0) is 6.42 Å². The minimum absolute atomic E-state index is 0.713. The molecule has 0 aromatic heterocycles. The fourth-order valence-corrected chi connectivity index (χ4v) is 1.84. The number of methoxy groups -OCH3 is 1. The molecule has 0 amide bonds. The molecule has 0 aliphatic carbocycles. The van der Waals surface area contributed by atoms with Crippen LogP contribution in [0.15, 0.2) is 54.6 Å². The van der Waals surface area contributed by atoms with Gasteiger partial charge in [0.1, 0.15) is 0 Å². The first-order valence-corrected chi connectivity index (χ1v) is 6.47. The third-order valence-electron chi connectivity index (χ3n) is 2.84. The van der Waals surface area contributed by atoms with E-state index in [1.807, 2.05) is 30.3 Å². The lowest BCUT2D eigenvalue weighted by Crippen LogP contribution is -2.20. The Morgan fingerprint density at radius 3 is 2.32 bits per heavy atom. The molecule has 0 unspecified atom stereocenters. The van der Waals surface area contributed by atoms with Crippen molar-refractivity contribution in [3.63, 3.8) is 0 Å². The molecule has 2 aromatic carbocycles. The van der Waals surface area contributed by atoms with E-state index in [1.165, 1.54) is 5.56 Å². The number of rotatable bonds is 7. The number of nitrogens with one attached hydrogen (secondary N) is 1. The summed E-state index contributed by atoms with van der Waals surface area (Å²) in [5, 5.41) is 0. The number of hydroxylamine groups is 1. The maximum absolute atomic E-state index is 5.49. The zero-order valence-corrected chi connectivity index (χ0v) is 11.1. The Hall–Kier alpha value is -2.00. The topological polar surface area (TPSA) is 30.5 Å². The van der Waals surface area contributed by atoms with Gasteiger partial charge in [0.15, 0.2) is 11.5 Å². The van der Waals surface area contributed by atoms with Gasteiger partial charge >= 0.3 is 0 Å². The van der Waals surface area contributed by atoms with Gasteiger partial charge in [-0.3, -0.25) is 0 Å². The van der Waals surface area contributed by atoms with Gasteiger partial charge < -0.3 is 9.57 Å². The van der Waals surface area contributed by atoms with E-state index < -0.39 is 0 Å². The maximum atomic E-state index is 5.49. The van der Waals surface area contributed by atoms with Crippen LogP contribution >= 0.6 is 0 Å². The third-order valence-corrected chi connectivity index (χ3v) is 2.84. The highest BCUT2D eigenvalue weighted by Crippen LogP contribution is 2.24. The Kier molecular flexibility index (Phi) is 5.26. The summed E-state index contributed by atoms with van der Waals surface area (Å²) in [7, 11) is 1.64. The summed E-state index contributed by atoms with van der Waals surface area (Å²) >= 11 is 0. The fourth-order valence-electron chi connectivity index (χ4n) is 1.84. The van der Waals surface area contributed by atoms with Crippen molar-refractivity contribution in [3.05, 3.63) is 60.2 Å². The van der Waals surface area contributed by atoms with Gasteiger partial charge in [0.2, 0.25) is 0 Å². The van der Waals surface area contributed by atoms with Crippen LogP contribution in [0.25, 0.3) is 0 Å². The van der Waals surface area contributed by atoms with Crippen LogP contribution in [0.5, 0.6) is 11.5 Å². The Balaban J connectivity index is 1.69. The molecule has 0 aliphatic rings. The molecule has 3 nitrogen and oxygen atoms in total. The number of hydrogen-bond acceptors (Lipinski definition) is 3. The molecule has 0 saturated heterocycles. The van der Waals surface area contributed by atoms with Gasteiger partial charge in [-0.25, -0.2) is 0 Å². The summed E-state index contributed by atoms with van der Waals surface area (Å²) in [4.78, 5) is 5.49. The molecular weight excluding hydrogens is 238 g/mol. The van der Waals surface area contributed by atoms with E-state index in [1.54, 1.807) is 7.11 Å². The molecule has 0 atom stereocenters. The Morgan fingerprint density at radius 2 is 1.58 bits per heavy atom. The van der Waals surface area contributed by atoms with Crippen molar-refractivity contribution in [1.29, 1.82) is 0 Å². The average molecular weight is 257 g/mol. The van der Waals surface area contributed by atoms with Crippen LogP contribution < -0.4 is 15.1 Å². The first-order chi connectivity index (χ1) is 9.40. The second-order valence-electron chi connectivity index (χ2n) is 4.24. The molecule has 0 fully saturated rings. The van der Waals surface area contributed by atoms with Crippen molar-refractivity contribution in [1.82, 2.24) is 5.48 Å². The molecule has 0 heterocycles. The molecule has 19 heavy (non-hydrogen) atoms. The van der Waals surface area contributed by atoms with Crippen molar-refractivity contribution in [2.45, 2.75) is 12.8 Å². The highest BCUT2D eigenvalue weighted by molar-refractivity contribution is 5.38. The first-order valence-electron chi connectivity index (χ1n) is 6.47. The number of benzene rings is 2. The van der Waals surface area contributed by atoms with Gasteiger partial charge in [0, 0.05) is 6.54 Å². The predicted octanol–water partition coefficient (Wildman–Crippen LogP) is 3.21. The maximum Gasteiger partial charge on any atom is 0.188 e. The van der Waals surface area contributed by atoms with Crippen LogP contribution in [0.3, 0.4) is 0 Å². The smallest absolute Gasteiger partial charge is 0.188 e. The highest BCUT2D eigenvalue weighted by Gasteiger charge is 2.01. The standard InChI is InChI=1S/C16H19NO2/c1-18-15-11-5-6-12-16(15)19-17-13-7-10-14-8-3-2-4-9-14/h2-6,8-9,11-12,17H,7,10,13H2,1H3. The lowest BCUT2D eigenvalue weighted by Gasteiger charge is -2.10. The van der Waals surface area contributed by atoms with E-state index in [2.05, 4.69) is 29.7 Å². The molecule has 0 spiro atoms. The van der Waals surface area contributed by atoms with E-state index >= 15 is 0 Å². The van der Waals surface area contributed by atoms with Gasteiger partial charge in [-0.2, -0.15) is 5.48 Å². The van der Waals surface area contributed by atoms with Crippen LogP contribution in [-0.4, -0.2) is 13.7 Å². The first kappa shape index (κ1) is 13.4. The minimum atomic E-state index is 0.713. The lowest BCUT2D eigenvalue weighted by molar-refractivity contribution is 0.186. The molecule has 3 heteroatoms. The summed E-state index contributed by atoms with van der Waals surface area (Å²) in [6.07, 6.45) is 2.07. The number of ether oxygens (including phenoxy) is 1. The quantitative estimate of drug-likeness (QED) is 0.610. The van der Waals surface area contributed by atoms with E-state index in [0.29, 0.717) is 5.75 Å². The van der Waals surface area contributed by atoms with Crippen molar-refractivity contribution in [2.24, 2.45) is 0 Å². The van der Waals surface area contributed by atoms with Gasteiger partial charge in [0.25, 0.3) is 0 Å². The molecular formula is C16H19NO2. The highest BCUT2D eigenvalue weighted by atomic mass is 16.7. The van der Waals surface area contributed by atoms with Crippen LogP contribution in [0.1, 0.15) is 12.0 Å². The van der Waals surface area contributed by atoms with Gasteiger partial charge in [-0.05, 0) is 30.5 Å². The monoisotopic (exact) mass is 257 g/mol. The van der Waals surface area contributed by atoms with Crippen LogP contribution in [0, 0.1) is 0 Å². The summed E-state index contributed by atoms with van der Waals surface area (Å²) in [6.45, 7) is 0.799. The van der Waals surface area contributed by atoms with Crippen LogP contribution in [0.4, 0.5) is 0 Å².